The number of likely N-dealkylation sites (tertiary alicyclic amines) is 1. The molecular weight excluding hydrogens is 941 g/mol. The molecule has 4 aliphatic rings. The van der Waals surface area contributed by atoms with Crippen molar-refractivity contribution in [1.82, 2.24) is 35.1 Å². The summed E-state index contributed by atoms with van der Waals surface area (Å²) in [4.78, 5) is 68.1. The number of aliphatic carboxylic acids is 1. The summed E-state index contributed by atoms with van der Waals surface area (Å²) in [5.74, 6) is -2.01. The maximum atomic E-state index is 15.3. The number of amides is 4. The van der Waals surface area contributed by atoms with Crippen LogP contribution in [0.15, 0.2) is 64.0 Å². The van der Waals surface area contributed by atoms with Gasteiger partial charge in [-0.25, -0.2) is 28.0 Å². The van der Waals surface area contributed by atoms with Crippen molar-refractivity contribution in [1.29, 1.82) is 0 Å². The molecule has 372 valence electrons. The second-order valence-electron chi connectivity index (χ2n) is 19.2. The number of pyridine rings is 1. The van der Waals surface area contributed by atoms with E-state index in [2.05, 4.69) is 27.8 Å². The normalized spacial score (nSPS) is 23.0. The first kappa shape index (κ1) is 50.1. The summed E-state index contributed by atoms with van der Waals surface area (Å²) < 4.78 is 41.0. The lowest BCUT2D eigenvalue weighted by molar-refractivity contribution is -0.146. The summed E-state index contributed by atoms with van der Waals surface area (Å²) in [5.41, 5.74) is 0.189. The predicted molar refractivity (Wildman–Crippen MR) is 266 cm³/mol. The molecule has 0 bridgehead atoms. The summed E-state index contributed by atoms with van der Waals surface area (Å²) >= 11 is 2.59. The third-order valence-electron chi connectivity index (χ3n) is 14.1. The van der Waals surface area contributed by atoms with E-state index in [-0.39, 0.29) is 48.0 Å². The van der Waals surface area contributed by atoms with E-state index in [1.54, 1.807) is 42.8 Å². The zero-order valence-electron chi connectivity index (χ0n) is 39.6. The number of carbonyl (C=O) groups excluding carboxylic acids is 3. The van der Waals surface area contributed by atoms with Crippen LogP contribution in [0.1, 0.15) is 90.9 Å². The van der Waals surface area contributed by atoms with Gasteiger partial charge in [-0.05, 0) is 81.4 Å². The van der Waals surface area contributed by atoms with Gasteiger partial charge >= 0.3 is 12.0 Å². The van der Waals surface area contributed by atoms with E-state index in [9.17, 15) is 27.9 Å². The number of aromatic nitrogens is 2. The molecule has 5 N–H and O–H groups in total. The highest BCUT2D eigenvalue weighted by atomic mass is 32.2. The fourth-order valence-electron chi connectivity index (χ4n) is 10.3. The molecule has 69 heavy (non-hydrogen) atoms. The van der Waals surface area contributed by atoms with E-state index >= 15 is 4.79 Å². The van der Waals surface area contributed by atoms with Gasteiger partial charge in [0.15, 0.2) is 5.13 Å². The van der Waals surface area contributed by atoms with Gasteiger partial charge in [0.1, 0.15) is 45.1 Å². The number of rotatable bonds is 19. The van der Waals surface area contributed by atoms with Crippen LogP contribution >= 0.6 is 22.7 Å². The van der Waals surface area contributed by atoms with Crippen molar-refractivity contribution in [2.24, 2.45) is 17.8 Å². The van der Waals surface area contributed by atoms with Crippen LogP contribution in [0.3, 0.4) is 0 Å². The number of hydrogen-bond donors (Lipinski definition) is 5. The highest BCUT2D eigenvalue weighted by Crippen LogP contribution is 2.45. The molecule has 0 spiro atoms. The van der Waals surface area contributed by atoms with Crippen LogP contribution in [0.5, 0.6) is 11.5 Å². The minimum atomic E-state index is -3.81. The first-order valence-electron chi connectivity index (χ1n) is 24.0. The van der Waals surface area contributed by atoms with Crippen molar-refractivity contribution in [3.63, 3.8) is 0 Å². The second kappa shape index (κ2) is 21.4. The number of anilines is 1. The lowest BCUT2D eigenvalue weighted by atomic mass is 9.83. The average molecular weight is 1010 g/mol. The molecule has 6 atom stereocenters. The van der Waals surface area contributed by atoms with Crippen LogP contribution in [0.25, 0.3) is 22.3 Å². The number of sulfonamides is 1. The van der Waals surface area contributed by atoms with E-state index in [0.29, 0.717) is 46.6 Å². The van der Waals surface area contributed by atoms with Crippen molar-refractivity contribution in [2.75, 3.05) is 32.6 Å². The van der Waals surface area contributed by atoms with Gasteiger partial charge in [0.2, 0.25) is 11.8 Å². The minimum Gasteiger partial charge on any atom is -0.497 e. The molecule has 4 aromatic rings. The van der Waals surface area contributed by atoms with Gasteiger partial charge in [0, 0.05) is 60.9 Å². The van der Waals surface area contributed by atoms with Crippen LogP contribution in [0, 0.1) is 17.8 Å². The zero-order chi connectivity index (χ0) is 49.0. The molecule has 17 nitrogen and oxygen atoms in total. The molecule has 4 heterocycles. The summed E-state index contributed by atoms with van der Waals surface area (Å²) in [6.45, 7) is 7.84. The third kappa shape index (κ3) is 11.2. The van der Waals surface area contributed by atoms with Crippen molar-refractivity contribution < 1.29 is 42.2 Å². The lowest BCUT2D eigenvalue weighted by Crippen LogP contribution is -2.60. The zero-order valence-corrected chi connectivity index (χ0v) is 42.1. The third-order valence-corrected chi connectivity index (χ3v) is 18.1. The molecule has 1 saturated heterocycles. The van der Waals surface area contributed by atoms with Crippen molar-refractivity contribution in [3.05, 3.63) is 59.8 Å². The first-order valence-corrected chi connectivity index (χ1v) is 27.2. The number of fused-ring (bicyclic) bond motifs is 1. The maximum absolute atomic E-state index is 15.3. The summed E-state index contributed by atoms with van der Waals surface area (Å²) in [6, 6.07) is 7.32. The molecule has 4 amide bonds. The summed E-state index contributed by atoms with van der Waals surface area (Å²) in [7, 11) is -0.718. The van der Waals surface area contributed by atoms with Gasteiger partial charge < -0.3 is 40.7 Å². The molecular formula is C49H64N8O9S3. The Hall–Kier alpha value is -5.31. The molecule has 3 aromatic heterocycles. The van der Waals surface area contributed by atoms with E-state index < -0.39 is 69.5 Å². The van der Waals surface area contributed by atoms with Crippen LogP contribution in [-0.4, -0.2) is 120 Å². The second-order valence-corrected chi connectivity index (χ2v) is 23.3. The number of benzene rings is 1. The number of hydrogen-bond acceptors (Lipinski definition) is 13. The number of nitrogens with one attached hydrogen (secondary N) is 4. The van der Waals surface area contributed by atoms with Gasteiger partial charge in [0.05, 0.1) is 24.9 Å². The summed E-state index contributed by atoms with van der Waals surface area (Å²) in [6.07, 6.45) is 9.59. The van der Waals surface area contributed by atoms with Gasteiger partial charge in [-0.2, -0.15) is 4.31 Å². The fraction of sp³-hybridized carbons (Fsp3) is 0.551. The van der Waals surface area contributed by atoms with Crippen LogP contribution in [-0.2, 0) is 24.4 Å². The van der Waals surface area contributed by atoms with Crippen molar-refractivity contribution in [3.8, 4) is 22.9 Å². The number of carboxylic acids is 1. The SMILES string of the molecule is C=CC1C[C@]1(NC(=O)[C@@H]1C[C@@H](Oc2cc(-c3csc(NC(C)C)n3)nc3cc(OC)ccc23)CN1C(=O)[C@@H](NC(=O)NC(CN(C)S(=O)(=O)c1cccs1)C1CCCCC1)C1CCCCC1)C(=O)O. The van der Waals surface area contributed by atoms with E-state index in [0.717, 1.165) is 67.8 Å². The summed E-state index contributed by atoms with van der Waals surface area (Å²) in [5, 5.41) is 27.6. The van der Waals surface area contributed by atoms with Crippen LogP contribution in [0.4, 0.5) is 9.93 Å². The first-order chi connectivity index (χ1) is 33.1. The number of urea groups is 1. The number of ether oxygens (including phenoxy) is 2. The number of thiazole rings is 1. The topological polar surface area (TPSA) is 221 Å². The van der Waals surface area contributed by atoms with Crippen LogP contribution in [0.2, 0.25) is 0 Å². The van der Waals surface area contributed by atoms with Gasteiger partial charge in [-0.1, -0.05) is 50.7 Å². The lowest BCUT2D eigenvalue weighted by Gasteiger charge is -2.36. The Morgan fingerprint density at radius 1 is 0.986 bits per heavy atom. The molecule has 8 rings (SSSR count). The van der Waals surface area contributed by atoms with E-state index in [4.69, 9.17) is 19.4 Å². The Labute approximate surface area is 411 Å². The maximum Gasteiger partial charge on any atom is 0.330 e. The molecule has 1 aliphatic heterocycles. The Bertz CT molecular complexity index is 2610. The number of methoxy groups -OCH3 is 1. The molecule has 2 unspecified atom stereocenters. The monoisotopic (exact) mass is 1000 g/mol. The van der Waals surface area contributed by atoms with Crippen molar-refractivity contribution >= 4 is 72.5 Å². The fourth-order valence-corrected chi connectivity index (χ4v) is 13.5. The molecule has 3 saturated carbocycles. The number of thiophene rings is 1. The molecule has 4 fully saturated rings. The number of nitrogens with zero attached hydrogens (tertiary/aromatic N) is 4. The molecule has 20 heteroatoms. The Balaban J connectivity index is 1.09. The van der Waals surface area contributed by atoms with E-state index in [1.165, 1.54) is 33.7 Å². The Morgan fingerprint density at radius 3 is 2.35 bits per heavy atom. The molecule has 1 aromatic carbocycles. The molecule has 3 aliphatic carbocycles. The van der Waals surface area contributed by atoms with Gasteiger partial charge in [0.25, 0.3) is 10.0 Å². The van der Waals surface area contributed by atoms with E-state index in [1.807, 2.05) is 25.3 Å². The predicted octanol–water partition coefficient (Wildman–Crippen LogP) is 7.26. The smallest absolute Gasteiger partial charge is 0.330 e. The highest BCUT2D eigenvalue weighted by Gasteiger charge is 2.61. The average Bonchev–Trinajstić information content (AvgIpc) is 3.79. The number of carbonyl (C=O) groups is 4. The van der Waals surface area contributed by atoms with Crippen LogP contribution < -0.4 is 30.7 Å². The van der Waals surface area contributed by atoms with Gasteiger partial charge in [-0.3, -0.25) is 9.59 Å². The standard InChI is InChI=1S/C49H64N8O9S3/c1-6-32-25-49(32,46(60)61)55-44(58)40-23-34(66-41-24-37(39-28-68-48(53-39)50-29(2)3)51-36-22-33(65-5)19-20-35(36)41)26-57(40)45(59)43(31-16-11-8-12-17-31)54-47(62)52-38(30-14-9-7-10-15-30)27-56(4)69(63,64)42-18-13-21-67-42/h6,13,18-22,24,28-32,34,38,40,43H,1,7-12,14-17,23,25-27H2,2-5H3,(H,50,53)(H,55,58)(H,60,61)(H2,52,54,62)/t32?,34-,38?,40+,43+,49-/m1/s1. The largest absolute Gasteiger partial charge is 0.497 e. The Kier molecular flexibility index (Phi) is 15.5. The van der Waals surface area contributed by atoms with Gasteiger partial charge in [-0.15, -0.1) is 29.3 Å². The molecule has 0 radical (unpaired) electrons. The number of likely N-dealkylation sites (N-methyl/N-ethyl adjacent to an activating group) is 1. The quantitative estimate of drug-likeness (QED) is 0.0586. The number of carboxylic acid groups (broad SMARTS) is 1. The minimum absolute atomic E-state index is 0.0161. The Morgan fingerprint density at radius 2 is 1.71 bits per heavy atom. The van der Waals surface area contributed by atoms with Crippen molar-refractivity contribution in [2.45, 2.75) is 131 Å². The highest BCUT2D eigenvalue weighted by molar-refractivity contribution is 7.91.